The van der Waals surface area contributed by atoms with Crippen LogP contribution < -0.4 is 21.7 Å². The van der Waals surface area contributed by atoms with Crippen LogP contribution in [0.5, 0.6) is 0 Å². The minimum absolute atomic E-state index is 0.0111. The van der Waals surface area contributed by atoms with Crippen molar-refractivity contribution in [3.63, 3.8) is 0 Å². The molecule has 0 bridgehead atoms. The number of nitrogens with two attached hydrogens (primary N) is 1. The fourth-order valence-electron chi connectivity index (χ4n) is 5.18. The maximum atomic E-state index is 13.1. The van der Waals surface area contributed by atoms with Gasteiger partial charge in [0, 0.05) is 32.5 Å². The van der Waals surface area contributed by atoms with Gasteiger partial charge in [-0.2, -0.15) is 4.98 Å². The van der Waals surface area contributed by atoms with Crippen LogP contribution in [0, 0.1) is 5.92 Å². The lowest BCUT2D eigenvalue weighted by atomic mass is 10.1. The molecule has 3 heterocycles. The second kappa shape index (κ2) is 22.8. The van der Waals surface area contributed by atoms with Crippen molar-refractivity contribution < 1.29 is 23.1 Å². The number of rotatable bonds is 23. The van der Waals surface area contributed by atoms with Gasteiger partial charge in [-0.15, -0.1) is 0 Å². The summed E-state index contributed by atoms with van der Waals surface area (Å²) in [6.07, 6.45) is 33.8. The van der Waals surface area contributed by atoms with Crippen molar-refractivity contribution in [3.8, 4) is 0 Å². The second-order valence-electron chi connectivity index (χ2n) is 11.8. The van der Waals surface area contributed by atoms with Gasteiger partial charge in [-0.25, -0.2) is 14.6 Å². The highest BCUT2D eigenvalue weighted by molar-refractivity contribution is 7.51. The molecule has 14 heteroatoms. The highest BCUT2D eigenvalue weighted by Gasteiger charge is 2.36. The molecular formula is C36H54N7O6P. The van der Waals surface area contributed by atoms with Gasteiger partial charge in [-0.3, -0.25) is 23.7 Å². The van der Waals surface area contributed by atoms with Crippen LogP contribution >= 0.6 is 7.75 Å². The summed E-state index contributed by atoms with van der Waals surface area (Å²) in [5.74, 6) is -0.0755. The number of nitrogens with zero attached hydrogens (tertiary/aromatic N) is 3. The zero-order valence-corrected chi connectivity index (χ0v) is 30.4. The SMILES string of the molecule is CC/C=C\C/C=C\C/C=C\C/C=C\C/C=C\C/C=C\CCC(=O)NCCNP(=O)(OC)OCC1CC(C)C(n2cnc3c(=O)[nH]c(N)nc32)O1. The standard InChI is InChI=1S/C36H54N7O6P/c1-4-5-6-7-8-9-10-11-12-13-14-15-16-17-18-19-20-21-22-23-31(44)38-24-25-40-50(46,47-3)48-27-30-26-29(2)35(49-30)43-28-39-32-33(43)41-36(37)42-34(32)45/h5-6,8-9,11-12,14-15,17-18,20-21,28-30,35H,4,7,10,13,16,19,22-27H2,1-3H3,(H,38,44)(H,40,46)(H3,37,41,42,45)/b6-5-,9-8-,12-11-,15-14-,18-17-,21-20-. The first-order valence-corrected chi connectivity index (χ1v) is 18.9. The number of hydrogen-bond acceptors (Lipinski definition) is 9. The highest BCUT2D eigenvalue weighted by atomic mass is 31.2. The molecule has 2 aromatic heterocycles. The summed E-state index contributed by atoms with van der Waals surface area (Å²) in [5, 5.41) is 5.58. The van der Waals surface area contributed by atoms with Crippen molar-refractivity contribution in [1.29, 1.82) is 0 Å². The van der Waals surface area contributed by atoms with Gasteiger partial charge in [0.25, 0.3) is 5.56 Å². The summed E-state index contributed by atoms with van der Waals surface area (Å²) in [6, 6.07) is 0. The Morgan fingerprint density at radius 1 is 1.02 bits per heavy atom. The maximum absolute atomic E-state index is 13.1. The van der Waals surface area contributed by atoms with Crippen LogP contribution in [0.25, 0.3) is 11.2 Å². The molecule has 4 atom stereocenters. The Labute approximate surface area is 295 Å². The van der Waals surface area contributed by atoms with Crippen LogP contribution in [0.1, 0.15) is 77.9 Å². The van der Waals surface area contributed by atoms with Crippen molar-refractivity contribution in [2.45, 2.75) is 84.0 Å². The average molecular weight is 712 g/mol. The molecule has 0 saturated carbocycles. The van der Waals surface area contributed by atoms with E-state index in [1.54, 1.807) is 4.57 Å². The van der Waals surface area contributed by atoms with E-state index in [1.165, 1.54) is 13.4 Å². The van der Waals surface area contributed by atoms with Crippen LogP contribution in [-0.2, 0) is 23.1 Å². The lowest BCUT2D eigenvalue weighted by Crippen LogP contribution is -2.31. The number of anilines is 1. The van der Waals surface area contributed by atoms with Crippen molar-refractivity contribution in [3.05, 3.63) is 89.6 Å². The van der Waals surface area contributed by atoms with E-state index >= 15 is 0 Å². The van der Waals surface area contributed by atoms with Gasteiger partial charge in [0.05, 0.1) is 19.0 Å². The van der Waals surface area contributed by atoms with Crippen LogP contribution in [0.3, 0.4) is 0 Å². The molecule has 274 valence electrons. The molecule has 3 rings (SSSR count). The number of allylic oxidation sites excluding steroid dienone is 12. The Morgan fingerprint density at radius 2 is 1.62 bits per heavy atom. The van der Waals surface area contributed by atoms with Gasteiger partial charge < -0.3 is 20.3 Å². The number of imidazole rings is 1. The minimum Gasteiger partial charge on any atom is -0.369 e. The van der Waals surface area contributed by atoms with Gasteiger partial charge in [-0.1, -0.05) is 86.8 Å². The third kappa shape index (κ3) is 14.5. The molecule has 0 radical (unpaired) electrons. The first-order chi connectivity index (χ1) is 24.3. The van der Waals surface area contributed by atoms with E-state index in [9.17, 15) is 14.2 Å². The molecule has 0 spiro atoms. The number of hydrogen-bond donors (Lipinski definition) is 4. The van der Waals surface area contributed by atoms with E-state index in [-0.39, 0.29) is 49.1 Å². The number of carbonyl (C=O) groups is 1. The van der Waals surface area contributed by atoms with Crippen LogP contribution in [-0.4, -0.2) is 58.3 Å². The summed E-state index contributed by atoms with van der Waals surface area (Å²) in [5.41, 5.74) is 5.79. The molecule has 1 saturated heterocycles. The molecule has 1 fully saturated rings. The van der Waals surface area contributed by atoms with E-state index < -0.39 is 19.5 Å². The van der Waals surface area contributed by atoms with Crippen LogP contribution in [0.15, 0.2) is 84.0 Å². The highest BCUT2D eigenvalue weighted by Crippen LogP contribution is 2.44. The molecule has 2 aromatic rings. The fourth-order valence-corrected chi connectivity index (χ4v) is 6.25. The van der Waals surface area contributed by atoms with Crippen LogP contribution in [0.4, 0.5) is 5.95 Å². The Kier molecular flexibility index (Phi) is 18.5. The zero-order chi connectivity index (χ0) is 36.0. The third-order valence-corrected chi connectivity index (χ3v) is 9.32. The van der Waals surface area contributed by atoms with E-state index in [2.05, 4.69) is 99.1 Å². The van der Waals surface area contributed by atoms with E-state index in [0.29, 0.717) is 24.9 Å². The largest absolute Gasteiger partial charge is 0.405 e. The van der Waals surface area contributed by atoms with Gasteiger partial charge in [-0.05, 0) is 51.4 Å². The summed E-state index contributed by atoms with van der Waals surface area (Å²) >= 11 is 0. The molecule has 1 aliphatic rings. The lowest BCUT2D eigenvalue weighted by molar-refractivity contribution is -0.120. The molecule has 13 nitrogen and oxygen atoms in total. The summed E-state index contributed by atoms with van der Waals surface area (Å²) in [4.78, 5) is 35.1. The Balaban J connectivity index is 1.23. The number of fused-ring (bicyclic) bond motifs is 1. The molecule has 0 aliphatic carbocycles. The summed E-state index contributed by atoms with van der Waals surface area (Å²) in [6.45, 7) is 4.61. The van der Waals surface area contributed by atoms with E-state index in [0.717, 1.165) is 38.5 Å². The van der Waals surface area contributed by atoms with Crippen molar-refractivity contribution in [2.24, 2.45) is 5.92 Å². The molecule has 5 N–H and O–H groups in total. The maximum Gasteiger partial charge on any atom is 0.405 e. The number of nitrogens with one attached hydrogen (secondary N) is 3. The minimum atomic E-state index is -3.63. The Hall–Kier alpha value is -3.87. The van der Waals surface area contributed by atoms with Gasteiger partial charge >= 0.3 is 7.75 Å². The number of aromatic nitrogens is 4. The zero-order valence-electron chi connectivity index (χ0n) is 29.5. The second-order valence-corrected chi connectivity index (χ2v) is 13.8. The monoisotopic (exact) mass is 711 g/mol. The van der Waals surface area contributed by atoms with Crippen molar-refractivity contribution in [2.75, 3.05) is 32.5 Å². The Morgan fingerprint density at radius 3 is 2.22 bits per heavy atom. The molecule has 4 unspecified atom stereocenters. The number of ether oxygens (including phenoxy) is 1. The van der Waals surface area contributed by atoms with Crippen LogP contribution in [0.2, 0.25) is 0 Å². The predicted molar refractivity (Wildman–Crippen MR) is 199 cm³/mol. The van der Waals surface area contributed by atoms with Crippen molar-refractivity contribution >= 4 is 30.8 Å². The van der Waals surface area contributed by atoms with E-state index in [4.69, 9.17) is 19.5 Å². The summed E-state index contributed by atoms with van der Waals surface area (Å²) in [7, 11) is -2.33. The van der Waals surface area contributed by atoms with Crippen molar-refractivity contribution in [1.82, 2.24) is 29.9 Å². The summed E-state index contributed by atoms with van der Waals surface area (Å²) < 4.78 is 31.6. The van der Waals surface area contributed by atoms with Gasteiger partial charge in [0.2, 0.25) is 11.9 Å². The quantitative estimate of drug-likeness (QED) is 0.0560. The fraction of sp³-hybridized carbons (Fsp3) is 0.500. The average Bonchev–Trinajstić information content (AvgIpc) is 3.69. The number of nitrogen functional groups attached to an aromatic ring is 1. The molecule has 1 amide bonds. The molecular weight excluding hydrogens is 657 g/mol. The van der Waals surface area contributed by atoms with Gasteiger partial charge in [0.1, 0.15) is 6.23 Å². The molecule has 1 aliphatic heterocycles. The first kappa shape index (κ1) is 40.6. The number of H-pyrrole nitrogens is 1. The third-order valence-electron chi connectivity index (χ3n) is 7.74. The first-order valence-electron chi connectivity index (χ1n) is 17.4. The predicted octanol–water partition coefficient (Wildman–Crippen LogP) is 6.58. The van der Waals surface area contributed by atoms with Gasteiger partial charge in [0.15, 0.2) is 11.2 Å². The molecule has 50 heavy (non-hydrogen) atoms. The Bertz CT molecular complexity index is 1610. The number of amides is 1. The lowest BCUT2D eigenvalue weighted by Gasteiger charge is -2.20. The molecule has 0 aromatic carbocycles. The normalized spacial score (nSPS) is 19.9. The smallest absolute Gasteiger partial charge is 0.369 e. The van der Waals surface area contributed by atoms with E-state index in [1.807, 2.05) is 13.0 Å². The number of aromatic amines is 1. The number of carbonyl (C=O) groups excluding carboxylic acids is 1. The topological polar surface area (TPSA) is 175 Å².